The van der Waals surface area contributed by atoms with Crippen molar-refractivity contribution in [3.63, 3.8) is 0 Å². The van der Waals surface area contributed by atoms with Gasteiger partial charge < -0.3 is 9.62 Å². The molecule has 0 saturated heterocycles. The van der Waals surface area contributed by atoms with E-state index in [0.29, 0.717) is 0 Å². The monoisotopic (exact) mass is 234 g/mol. The molecule has 2 aromatic rings. The van der Waals surface area contributed by atoms with Gasteiger partial charge in [-0.3, -0.25) is 0 Å². The van der Waals surface area contributed by atoms with Crippen LogP contribution in [0.4, 0.5) is 5.82 Å². The molecule has 0 saturated carbocycles. The molecular formula is C14H13BN3. The normalized spacial score (nSPS) is 13.8. The third kappa shape index (κ3) is 2.09. The highest BCUT2D eigenvalue weighted by molar-refractivity contribution is 6.40. The predicted octanol–water partition coefficient (Wildman–Crippen LogP) is 2.51. The minimum atomic E-state index is 0.928. The molecular weight excluding hydrogens is 221 g/mol. The molecule has 0 atom stereocenters. The van der Waals surface area contributed by atoms with Crippen LogP contribution in [0.2, 0.25) is 0 Å². The first-order valence-electron chi connectivity index (χ1n) is 5.88. The van der Waals surface area contributed by atoms with Gasteiger partial charge in [-0.25, -0.2) is 4.98 Å². The zero-order valence-electron chi connectivity index (χ0n) is 10.2. The summed E-state index contributed by atoms with van der Waals surface area (Å²) in [7, 11) is 3.99. The minimum Gasteiger partial charge on any atom is -0.406 e. The molecule has 0 amide bonds. The van der Waals surface area contributed by atoms with Gasteiger partial charge in [-0.05, 0) is 30.3 Å². The fraction of sp³-hybridized carbons (Fsp3) is 0.0714. The van der Waals surface area contributed by atoms with Gasteiger partial charge in [-0.2, -0.15) is 0 Å². The molecule has 2 heterocycles. The highest BCUT2D eigenvalue weighted by Gasteiger charge is 2.15. The predicted molar refractivity (Wildman–Crippen MR) is 74.8 cm³/mol. The number of aromatic nitrogens is 1. The Hall–Kier alpha value is -2.23. The van der Waals surface area contributed by atoms with Crippen molar-refractivity contribution in [2.75, 3.05) is 11.9 Å². The van der Waals surface area contributed by atoms with E-state index in [1.807, 2.05) is 67.1 Å². The molecule has 0 N–H and O–H groups in total. The van der Waals surface area contributed by atoms with E-state index in [-0.39, 0.29) is 0 Å². The fourth-order valence-electron chi connectivity index (χ4n) is 1.96. The smallest absolute Gasteiger partial charge is 0.396 e. The second kappa shape index (κ2) is 4.57. The van der Waals surface area contributed by atoms with E-state index >= 15 is 0 Å². The highest BCUT2D eigenvalue weighted by atomic mass is 15.2. The van der Waals surface area contributed by atoms with Crippen molar-refractivity contribution < 1.29 is 0 Å². The standard InChI is InChI=1S/C14H13BN3/c1-17-9-10-18(15-17)14-11-13(7-8-16-14)12-5-3-2-4-6-12/h2-11H,1H3. The topological polar surface area (TPSA) is 19.4 Å². The molecule has 1 aromatic heterocycles. The van der Waals surface area contributed by atoms with Crippen molar-refractivity contribution in [2.24, 2.45) is 0 Å². The average molecular weight is 234 g/mol. The van der Waals surface area contributed by atoms with Crippen molar-refractivity contribution in [3.05, 3.63) is 61.1 Å². The summed E-state index contributed by atoms with van der Waals surface area (Å²) in [5, 5.41) is 0. The molecule has 4 heteroatoms. The Morgan fingerprint density at radius 2 is 1.83 bits per heavy atom. The van der Waals surface area contributed by atoms with E-state index in [2.05, 4.69) is 23.2 Å². The molecule has 1 aromatic carbocycles. The van der Waals surface area contributed by atoms with Crippen LogP contribution in [0.5, 0.6) is 0 Å². The first-order valence-corrected chi connectivity index (χ1v) is 5.88. The van der Waals surface area contributed by atoms with Crippen LogP contribution in [0.1, 0.15) is 0 Å². The lowest BCUT2D eigenvalue weighted by Crippen LogP contribution is -2.27. The van der Waals surface area contributed by atoms with E-state index in [1.54, 1.807) is 0 Å². The summed E-state index contributed by atoms with van der Waals surface area (Å²) in [6, 6.07) is 14.5. The molecule has 3 nitrogen and oxygen atoms in total. The molecule has 0 spiro atoms. The molecule has 0 bridgehead atoms. The van der Waals surface area contributed by atoms with Crippen LogP contribution >= 0.6 is 0 Å². The van der Waals surface area contributed by atoms with Crippen LogP contribution < -0.4 is 4.81 Å². The van der Waals surface area contributed by atoms with Crippen LogP contribution in [0, 0.1) is 0 Å². The van der Waals surface area contributed by atoms with Crippen molar-refractivity contribution in [3.8, 4) is 11.1 Å². The van der Waals surface area contributed by atoms with Gasteiger partial charge in [0.05, 0.1) is 0 Å². The fourth-order valence-corrected chi connectivity index (χ4v) is 1.96. The lowest BCUT2D eigenvalue weighted by molar-refractivity contribution is 0.746. The van der Waals surface area contributed by atoms with Crippen molar-refractivity contribution in [1.82, 2.24) is 9.79 Å². The molecule has 1 aliphatic rings. The Labute approximate surface area is 108 Å². The summed E-state index contributed by atoms with van der Waals surface area (Å²) in [4.78, 5) is 8.40. The number of hydrogen-bond donors (Lipinski definition) is 0. The lowest BCUT2D eigenvalue weighted by atomic mass is 10.1. The maximum Gasteiger partial charge on any atom is 0.396 e. The number of rotatable bonds is 2. The Morgan fingerprint density at radius 1 is 1.00 bits per heavy atom. The van der Waals surface area contributed by atoms with Gasteiger partial charge in [-0.1, -0.05) is 30.3 Å². The Morgan fingerprint density at radius 3 is 2.56 bits per heavy atom. The average Bonchev–Trinajstić information content (AvgIpc) is 2.87. The summed E-state index contributed by atoms with van der Waals surface area (Å²) in [5.74, 6) is 0.928. The summed E-state index contributed by atoms with van der Waals surface area (Å²) < 4.78 is 0. The third-order valence-electron chi connectivity index (χ3n) is 2.89. The first-order chi connectivity index (χ1) is 8.83. The van der Waals surface area contributed by atoms with Gasteiger partial charge in [0.1, 0.15) is 5.82 Å². The zero-order chi connectivity index (χ0) is 12.4. The van der Waals surface area contributed by atoms with Gasteiger partial charge in [0.15, 0.2) is 0 Å². The molecule has 0 aliphatic carbocycles. The molecule has 18 heavy (non-hydrogen) atoms. The first kappa shape index (κ1) is 10.9. The SMILES string of the molecule is CN1[B]N(c2cc(-c3ccccc3)ccn2)C=C1. The van der Waals surface area contributed by atoms with Gasteiger partial charge in [0, 0.05) is 18.6 Å². The van der Waals surface area contributed by atoms with Crippen LogP contribution in [0.3, 0.4) is 0 Å². The number of anilines is 1. The number of benzene rings is 1. The quantitative estimate of drug-likeness (QED) is 0.744. The largest absolute Gasteiger partial charge is 0.406 e. The van der Waals surface area contributed by atoms with E-state index in [0.717, 1.165) is 5.82 Å². The number of pyridine rings is 1. The number of nitrogens with zero attached hydrogens (tertiary/aromatic N) is 3. The van der Waals surface area contributed by atoms with Crippen LogP contribution in [-0.4, -0.2) is 24.4 Å². The maximum absolute atomic E-state index is 4.40. The molecule has 0 fully saturated rings. The van der Waals surface area contributed by atoms with Gasteiger partial charge in [0.2, 0.25) is 0 Å². The molecule has 1 aliphatic heterocycles. The minimum absolute atomic E-state index is 0.928. The van der Waals surface area contributed by atoms with Crippen molar-refractivity contribution in [2.45, 2.75) is 0 Å². The van der Waals surface area contributed by atoms with E-state index in [4.69, 9.17) is 0 Å². The van der Waals surface area contributed by atoms with Crippen molar-refractivity contribution in [1.29, 1.82) is 0 Å². The Kier molecular flexibility index (Phi) is 2.77. The second-order valence-corrected chi connectivity index (χ2v) is 4.26. The summed E-state index contributed by atoms with van der Waals surface area (Å²) >= 11 is 0. The second-order valence-electron chi connectivity index (χ2n) is 4.26. The summed E-state index contributed by atoms with van der Waals surface area (Å²) in [6.07, 6.45) is 5.84. The Bertz CT molecular complexity index is 568. The van der Waals surface area contributed by atoms with Crippen LogP contribution in [0.25, 0.3) is 11.1 Å². The molecule has 0 unspecified atom stereocenters. The van der Waals surface area contributed by atoms with Gasteiger partial charge in [0.25, 0.3) is 0 Å². The molecule has 87 valence electrons. The van der Waals surface area contributed by atoms with Crippen LogP contribution in [0.15, 0.2) is 61.1 Å². The van der Waals surface area contributed by atoms with E-state index in [1.165, 1.54) is 11.1 Å². The number of hydrogen-bond acceptors (Lipinski definition) is 3. The Balaban J connectivity index is 1.93. The van der Waals surface area contributed by atoms with E-state index in [9.17, 15) is 0 Å². The van der Waals surface area contributed by atoms with Gasteiger partial charge >= 0.3 is 7.55 Å². The van der Waals surface area contributed by atoms with E-state index < -0.39 is 0 Å². The maximum atomic E-state index is 4.40. The third-order valence-corrected chi connectivity index (χ3v) is 2.89. The summed E-state index contributed by atoms with van der Waals surface area (Å²) in [5.41, 5.74) is 2.38. The zero-order valence-corrected chi connectivity index (χ0v) is 10.2. The van der Waals surface area contributed by atoms with Crippen LogP contribution in [-0.2, 0) is 0 Å². The van der Waals surface area contributed by atoms with Crippen molar-refractivity contribution >= 4 is 13.4 Å². The lowest BCUT2D eigenvalue weighted by Gasteiger charge is -2.15. The highest BCUT2D eigenvalue weighted by Crippen LogP contribution is 2.23. The molecule has 3 rings (SSSR count). The van der Waals surface area contributed by atoms with Gasteiger partial charge in [-0.15, -0.1) is 0 Å². The summed E-state index contributed by atoms with van der Waals surface area (Å²) in [6.45, 7) is 0. The molecule has 1 radical (unpaired) electrons.